The van der Waals surface area contributed by atoms with Gasteiger partial charge in [-0.05, 0) is 19.8 Å². The average molecular weight is 306 g/mol. The Balaban J connectivity index is 2.07. The van der Waals surface area contributed by atoms with Gasteiger partial charge in [-0.1, -0.05) is 0 Å². The number of carbonyl (C=O) groups is 2. The number of amides is 2. The van der Waals surface area contributed by atoms with Crippen molar-refractivity contribution in [1.29, 1.82) is 0 Å². The van der Waals surface area contributed by atoms with Crippen molar-refractivity contribution in [1.82, 2.24) is 20.2 Å². The smallest absolute Gasteiger partial charge is 0.249 e. The Kier molecular flexibility index (Phi) is 5.83. The van der Waals surface area contributed by atoms with Gasteiger partial charge in [-0.3, -0.25) is 19.6 Å². The lowest BCUT2D eigenvalue weighted by atomic mass is 10.1. The molecule has 7 nitrogen and oxygen atoms in total. The zero-order valence-corrected chi connectivity index (χ0v) is 13.0. The maximum atomic E-state index is 12.2. The van der Waals surface area contributed by atoms with Crippen molar-refractivity contribution in [2.24, 2.45) is 0 Å². The molecule has 2 rings (SSSR count). The van der Waals surface area contributed by atoms with Gasteiger partial charge in [0.05, 0.1) is 36.4 Å². The Morgan fingerprint density at radius 1 is 1.45 bits per heavy atom. The summed E-state index contributed by atoms with van der Waals surface area (Å²) in [5, 5.41) is 2.70. The first-order valence-electron chi connectivity index (χ1n) is 7.54. The van der Waals surface area contributed by atoms with Crippen molar-refractivity contribution >= 4 is 11.8 Å². The van der Waals surface area contributed by atoms with Crippen LogP contribution in [0, 0.1) is 0 Å². The van der Waals surface area contributed by atoms with Gasteiger partial charge in [-0.2, -0.15) is 0 Å². The summed E-state index contributed by atoms with van der Waals surface area (Å²) in [4.78, 5) is 33.7. The number of nitrogens with zero attached hydrogens (tertiary/aromatic N) is 3. The van der Waals surface area contributed by atoms with E-state index in [4.69, 9.17) is 4.74 Å². The first-order chi connectivity index (χ1) is 10.6. The van der Waals surface area contributed by atoms with Crippen LogP contribution in [0.4, 0.5) is 0 Å². The number of hydrogen-bond donors (Lipinski definition) is 1. The highest BCUT2D eigenvalue weighted by molar-refractivity contribution is 5.78. The van der Waals surface area contributed by atoms with Gasteiger partial charge in [0, 0.05) is 20.1 Å². The highest BCUT2D eigenvalue weighted by Gasteiger charge is 2.31. The molecule has 2 heterocycles. The van der Waals surface area contributed by atoms with Gasteiger partial charge in [0.25, 0.3) is 0 Å². The van der Waals surface area contributed by atoms with E-state index >= 15 is 0 Å². The predicted molar refractivity (Wildman–Crippen MR) is 79.7 cm³/mol. The molecule has 1 aromatic heterocycles. The second-order valence-electron chi connectivity index (χ2n) is 5.23. The lowest BCUT2D eigenvalue weighted by Crippen LogP contribution is -2.34. The predicted octanol–water partition coefficient (Wildman–Crippen LogP) is 0.813. The van der Waals surface area contributed by atoms with Gasteiger partial charge in [0.2, 0.25) is 11.8 Å². The highest BCUT2D eigenvalue weighted by atomic mass is 16.5. The fourth-order valence-corrected chi connectivity index (χ4v) is 2.53. The second kappa shape index (κ2) is 7.84. The van der Waals surface area contributed by atoms with Gasteiger partial charge < -0.3 is 15.0 Å². The van der Waals surface area contributed by atoms with E-state index in [1.807, 2.05) is 11.8 Å². The Bertz CT molecular complexity index is 535. The number of ether oxygens (including phenoxy) is 1. The van der Waals surface area contributed by atoms with Crippen molar-refractivity contribution in [3.8, 4) is 0 Å². The summed E-state index contributed by atoms with van der Waals surface area (Å²) in [5.41, 5.74) is 1.46. The van der Waals surface area contributed by atoms with Crippen molar-refractivity contribution in [2.75, 3.05) is 19.8 Å². The number of rotatable bonds is 6. The molecule has 1 N–H and O–H groups in total. The number of hydrogen-bond acceptors (Lipinski definition) is 5. The topological polar surface area (TPSA) is 84.4 Å². The third-order valence-electron chi connectivity index (χ3n) is 3.57. The maximum Gasteiger partial charge on any atom is 0.249 e. The minimum absolute atomic E-state index is 0.0154. The number of nitrogens with one attached hydrogen (secondary N) is 1. The maximum absolute atomic E-state index is 12.2. The summed E-state index contributed by atoms with van der Waals surface area (Å²) >= 11 is 0. The Morgan fingerprint density at radius 3 is 3.00 bits per heavy atom. The quantitative estimate of drug-likeness (QED) is 0.841. The fourth-order valence-electron chi connectivity index (χ4n) is 2.53. The van der Waals surface area contributed by atoms with Gasteiger partial charge in [0.1, 0.15) is 6.61 Å². The van der Waals surface area contributed by atoms with Crippen LogP contribution in [0.2, 0.25) is 0 Å². The molecule has 1 fully saturated rings. The molecule has 0 aromatic carbocycles. The molecule has 120 valence electrons. The summed E-state index contributed by atoms with van der Waals surface area (Å²) in [6, 6.07) is -0.0577. The van der Waals surface area contributed by atoms with Crippen molar-refractivity contribution in [3.63, 3.8) is 0 Å². The van der Waals surface area contributed by atoms with Gasteiger partial charge >= 0.3 is 0 Å². The van der Waals surface area contributed by atoms with Crippen molar-refractivity contribution in [2.45, 2.75) is 39.3 Å². The SMILES string of the molecule is CCOCC(=O)N1CCCC1c1cncc(CNC(C)=O)n1. The minimum Gasteiger partial charge on any atom is -0.372 e. The monoisotopic (exact) mass is 306 g/mol. The van der Waals surface area contributed by atoms with Crippen LogP contribution >= 0.6 is 0 Å². The van der Waals surface area contributed by atoms with Crippen LogP contribution in [0.3, 0.4) is 0 Å². The number of carbonyl (C=O) groups excluding carboxylic acids is 2. The van der Waals surface area contributed by atoms with E-state index in [-0.39, 0.29) is 24.5 Å². The first-order valence-corrected chi connectivity index (χ1v) is 7.54. The van der Waals surface area contributed by atoms with Crippen LogP contribution in [0.15, 0.2) is 12.4 Å². The summed E-state index contributed by atoms with van der Waals surface area (Å²) in [7, 11) is 0. The Labute approximate surface area is 130 Å². The molecule has 1 saturated heterocycles. The molecule has 0 spiro atoms. The molecular weight excluding hydrogens is 284 g/mol. The molecule has 1 atom stereocenters. The van der Waals surface area contributed by atoms with Gasteiger partial charge in [-0.15, -0.1) is 0 Å². The van der Waals surface area contributed by atoms with E-state index in [0.717, 1.165) is 18.5 Å². The molecule has 1 aliphatic rings. The molecule has 0 bridgehead atoms. The molecule has 0 saturated carbocycles. The molecule has 0 radical (unpaired) electrons. The van der Waals surface area contributed by atoms with E-state index in [9.17, 15) is 9.59 Å². The summed E-state index contributed by atoms with van der Waals surface area (Å²) in [6.45, 7) is 5.01. The summed E-state index contributed by atoms with van der Waals surface area (Å²) < 4.78 is 5.21. The Morgan fingerprint density at radius 2 is 2.27 bits per heavy atom. The van der Waals surface area contributed by atoms with E-state index in [2.05, 4.69) is 15.3 Å². The third-order valence-corrected chi connectivity index (χ3v) is 3.57. The lowest BCUT2D eigenvalue weighted by Gasteiger charge is -2.24. The minimum atomic E-state index is -0.110. The number of aromatic nitrogens is 2. The van der Waals surface area contributed by atoms with Crippen LogP contribution in [-0.4, -0.2) is 46.4 Å². The molecule has 1 aliphatic heterocycles. The second-order valence-corrected chi connectivity index (χ2v) is 5.23. The standard InChI is InChI=1S/C15H22N4O3/c1-3-22-10-15(21)19-6-4-5-14(19)13-9-16-7-12(18-13)8-17-11(2)20/h7,9,14H,3-6,8,10H2,1-2H3,(H,17,20). The van der Waals surface area contributed by atoms with Crippen LogP contribution in [0.25, 0.3) is 0 Å². The van der Waals surface area contributed by atoms with E-state index in [1.165, 1.54) is 6.92 Å². The highest BCUT2D eigenvalue weighted by Crippen LogP contribution is 2.30. The zero-order chi connectivity index (χ0) is 15.9. The zero-order valence-electron chi connectivity index (χ0n) is 13.0. The molecule has 22 heavy (non-hydrogen) atoms. The van der Waals surface area contributed by atoms with Crippen LogP contribution in [-0.2, 0) is 20.9 Å². The molecule has 7 heteroatoms. The fraction of sp³-hybridized carbons (Fsp3) is 0.600. The van der Waals surface area contributed by atoms with Crippen molar-refractivity contribution < 1.29 is 14.3 Å². The Hall–Kier alpha value is -2.02. The molecule has 2 amide bonds. The lowest BCUT2D eigenvalue weighted by molar-refractivity contribution is -0.137. The normalized spacial score (nSPS) is 17.5. The molecular formula is C15H22N4O3. The van der Waals surface area contributed by atoms with Crippen molar-refractivity contribution in [3.05, 3.63) is 23.8 Å². The van der Waals surface area contributed by atoms with E-state index in [1.54, 1.807) is 12.4 Å². The average Bonchev–Trinajstić information content (AvgIpc) is 3.00. The molecule has 1 aromatic rings. The van der Waals surface area contributed by atoms with Crippen LogP contribution < -0.4 is 5.32 Å². The van der Waals surface area contributed by atoms with Gasteiger partial charge in [-0.25, -0.2) is 0 Å². The van der Waals surface area contributed by atoms with Crippen LogP contribution in [0.5, 0.6) is 0 Å². The van der Waals surface area contributed by atoms with Crippen LogP contribution in [0.1, 0.15) is 44.1 Å². The summed E-state index contributed by atoms with van der Waals surface area (Å²) in [5.74, 6) is -0.125. The third kappa shape index (κ3) is 4.24. The molecule has 0 aliphatic carbocycles. The van der Waals surface area contributed by atoms with E-state index in [0.29, 0.717) is 25.4 Å². The molecule has 1 unspecified atom stereocenters. The van der Waals surface area contributed by atoms with Gasteiger partial charge in [0.15, 0.2) is 0 Å². The largest absolute Gasteiger partial charge is 0.372 e. The van der Waals surface area contributed by atoms with E-state index < -0.39 is 0 Å². The first kappa shape index (κ1) is 16.4. The number of likely N-dealkylation sites (tertiary alicyclic amines) is 1. The summed E-state index contributed by atoms with van der Waals surface area (Å²) in [6.07, 6.45) is 5.13.